The van der Waals surface area contributed by atoms with E-state index < -0.39 is 5.60 Å². The van der Waals surface area contributed by atoms with Gasteiger partial charge in [0.1, 0.15) is 11.6 Å². The Labute approximate surface area is 203 Å². The van der Waals surface area contributed by atoms with Gasteiger partial charge in [0.25, 0.3) is 5.91 Å². The number of benzene rings is 1. The molecule has 0 aliphatic heterocycles. The highest BCUT2D eigenvalue weighted by Gasteiger charge is 2.29. The number of aromatic nitrogens is 4. The number of thioether (sulfide) groups is 1. The predicted octanol–water partition coefficient (Wildman–Crippen LogP) is 4.78. The van der Waals surface area contributed by atoms with Gasteiger partial charge in [-0.25, -0.2) is 14.6 Å². The number of nitrogens with one attached hydrogen (secondary N) is 2. The van der Waals surface area contributed by atoms with E-state index in [9.17, 15) is 4.79 Å². The first kappa shape index (κ1) is 25.1. The normalized spacial score (nSPS) is 11.7. The van der Waals surface area contributed by atoms with Crippen molar-refractivity contribution in [2.75, 3.05) is 18.4 Å². The zero-order chi connectivity index (χ0) is 24.0. The summed E-state index contributed by atoms with van der Waals surface area (Å²) >= 11 is 7.52. The molecule has 0 aliphatic carbocycles. The van der Waals surface area contributed by atoms with Gasteiger partial charge in [-0.1, -0.05) is 44.1 Å². The first-order valence-corrected chi connectivity index (χ1v) is 12.3. The predicted molar refractivity (Wildman–Crippen MR) is 134 cm³/mol. The number of hydrogen-bond donors (Lipinski definition) is 2. The van der Waals surface area contributed by atoms with E-state index in [4.69, 9.17) is 21.3 Å². The third-order valence-corrected chi connectivity index (χ3v) is 5.82. The molecule has 10 heteroatoms. The van der Waals surface area contributed by atoms with Crippen LogP contribution in [0, 0.1) is 0 Å². The molecule has 0 fully saturated rings. The molecule has 2 aromatic heterocycles. The van der Waals surface area contributed by atoms with E-state index >= 15 is 0 Å². The van der Waals surface area contributed by atoms with Crippen LogP contribution >= 0.6 is 23.4 Å². The number of carbonyl (C=O) groups excluding carboxylic acids is 1. The lowest BCUT2D eigenvalue weighted by Crippen LogP contribution is -2.47. The molecule has 0 unspecified atom stereocenters. The molecule has 0 spiro atoms. The van der Waals surface area contributed by atoms with Crippen molar-refractivity contribution in [3.8, 4) is 5.75 Å². The molecule has 0 radical (unpaired) electrons. The monoisotopic (exact) mass is 490 g/mol. The van der Waals surface area contributed by atoms with Gasteiger partial charge in [0.15, 0.2) is 16.4 Å². The van der Waals surface area contributed by atoms with Crippen molar-refractivity contribution < 1.29 is 9.53 Å². The summed E-state index contributed by atoms with van der Waals surface area (Å²) in [6, 6.07) is 6.93. The minimum atomic E-state index is -1.04. The molecule has 3 aromatic rings. The van der Waals surface area contributed by atoms with Gasteiger partial charge in [0.05, 0.1) is 18.1 Å². The Hall–Kier alpha value is -2.52. The number of ether oxygens (including phenoxy) is 1. The molecule has 8 nitrogen and oxygen atoms in total. The molecule has 3 rings (SSSR count). The largest absolute Gasteiger partial charge is 0.478 e. The third-order valence-electron chi connectivity index (χ3n) is 4.70. The van der Waals surface area contributed by atoms with Crippen molar-refractivity contribution in [3.63, 3.8) is 0 Å². The number of fused-ring (bicyclic) bond motifs is 1. The fourth-order valence-electron chi connectivity index (χ4n) is 3.07. The molecule has 2 N–H and O–H groups in total. The second-order valence-corrected chi connectivity index (χ2v) is 10.4. The first-order chi connectivity index (χ1) is 15.7. The van der Waals surface area contributed by atoms with Crippen molar-refractivity contribution in [1.29, 1.82) is 0 Å². The fraction of sp³-hybridized carbons (Fsp3) is 0.478. The molecule has 0 aliphatic rings. The second kappa shape index (κ2) is 11.1. The van der Waals surface area contributed by atoms with Crippen molar-refractivity contribution in [3.05, 3.63) is 35.5 Å². The minimum absolute atomic E-state index is 0.218. The summed E-state index contributed by atoms with van der Waals surface area (Å²) in [5.41, 5.74) is -0.293. The molecular weight excluding hydrogens is 460 g/mol. The van der Waals surface area contributed by atoms with Gasteiger partial charge in [-0.3, -0.25) is 4.79 Å². The van der Waals surface area contributed by atoms with Crippen LogP contribution in [0.5, 0.6) is 5.75 Å². The lowest BCUT2D eigenvalue weighted by atomic mass is 10.1. The smallest absolute Gasteiger partial charge is 0.263 e. The van der Waals surface area contributed by atoms with E-state index in [0.717, 1.165) is 29.8 Å². The summed E-state index contributed by atoms with van der Waals surface area (Å²) in [5.74, 6) is 1.15. The van der Waals surface area contributed by atoms with Crippen molar-refractivity contribution >= 4 is 46.1 Å². The highest BCUT2D eigenvalue weighted by molar-refractivity contribution is 7.99. The maximum absolute atomic E-state index is 12.7. The summed E-state index contributed by atoms with van der Waals surface area (Å²) in [7, 11) is 0. The van der Waals surface area contributed by atoms with Gasteiger partial charge < -0.3 is 15.4 Å². The highest BCUT2D eigenvalue weighted by Crippen LogP contribution is 2.26. The summed E-state index contributed by atoms with van der Waals surface area (Å²) < 4.78 is 7.66. The molecule has 1 aromatic carbocycles. The lowest BCUT2D eigenvalue weighted by Gasteiger charge is -2.25. The van der Waals surface area contributed by atoms with Gasteiger partial charge in [-0.15, -0.1) is 0 Å². The average Bonchev–Trinajstić information content (AvgIpc) is 3.16. The number of amides is 1. The van der Waals surface area contributed by atoms with Crippen molar-refractivity contribution in [2.45, 2.75) is 63.6 Å². The molecular formula is C23H31ClN6O2S. The van der Waals surface area contributed by atoms with Gasteiger partial charge in [0, 0.05) is 23.4 Å². The molecule has 0 atom stereocenters. The SMILES string of the molecule is CCCNc1nc(SC(C)C)nc2c1cnn2CCNC(=O)C(C)(C)Oc1ccc(Cl)cc1. The highest BCUT2D eigenvalue weighted by atomic mass is 35.5. The summed E-state index contributed by atoms with van der Waals surface area (Å²) in [6.07, 6.45) is 2.76. The van der Waals surface area contributed by atoms with E-state index in [1.165, 1.54) is 0 Å². The van der Waals surface area contributed by atoms with Crippen LogP contribution in [0.4, 0.5) is 5.82 Å². The number of rotatable bonds is 11. The molecule has 33 heavy (non-hydrogen) atoms. The van der Waals surface area contributed by atoms with Gasteiger partial charge in [-0.05, 0) is 44.5 Å². The Morgan fingerprint density at radius 1 is 1.21 bits per heavy atom. The summed E-state index contributed by atoms with van der Waals surface area (Å²) in [6.45, 7) is 11.5. The fourth-order valence-corrected chi connectivity index (χ4v) is 3.90. The van der Waals surface area contributed by atoms with Crippen LogP contribution in [-0.2, 0) is 11.3 Å². The lowest BCUT2D eigenvalue weighted by molar-refractivity contribution is -0.134. The van der Waals surface area contributed by atoms with Crippen molar-refractivity contribution in [1.82, 2.24) is 25.1 Å². The summed E-state index contributed by atoms with van der Waals surface area (Å²) in [4.78, 5) is 22.1. The number of hydrogen-bond acceptors (Lipinski definition) is 7. The quantitative estimate of drug-likeness (QED) is 0.295. The average molecular weight is 491 g/mol. The molecule has 0 saturated carbocycles. The van der Waals surface area contributed by atoms with Crippen LogP contribution in [0.15, 0.2) is 35.6 Å². The van der Waals surface area contributed by atoms with Gasteiger partial charge in [-0.2, -0.15) is 5.10 Å². The number of anilines is 1. The molecule has 178 valence electrons. The van der Waals surface area contributed by atoms with Crippen molar-refractivity contribution in [2.24, 2.45) is 0 Å². The standard InChI is InChI=1S/C23H31ClN6O2S/c1-6-11-25-19-18-14-27-30(20(18)29-22(28-19)33-15(2)3)13-12-26-21(31)23(4,5)32-17-9-7-16(24)8-10-17/h7-10,14-15H,6,11-13H2,1-5H3,(H,26,31)(H,25,28,29). The molecule has 2 heterocycles. The topological polar surface area (TPSA) is 94.0 Å². The minimum Gasteiger partial charge on any atom is -0.478 e. The van der Waals surface area contributed by atoms with E-state index in [1.54, 1.807) is 60.8 Å². The Bertz CT molecular complexity index is 1080. The van der Waals surface area contributed by atoms with Gasteiger partial charge in [0.2, 0.25) is 0 Å². The maximum Gasteiger partial charge on any atom is 0.263 e. The number of halogens is 1. The van der Waals surface area contributed by atoms with Crippen LogP contribution in [0.25, 0.3) is 11.0 Å². The Balaban J connectivity index is 1.68. The first-order valence-electron chi connectivity index (χ1n) is 11.1. The van der Waals surface area contributed by atoms with Crippen LogP contribution in [-0.4, -0.2) is 49.6 Å². The molecule has 0 saturated heterocycles. The van der Waals surface area contributed by atoms with Crippen LogP contribution in [0.3, 0.4) is 0 Å². The Morgan fingerprint density at radius 3 is 2.61 bits per heavy atom. The molecule has 1 amide bonds. The van der Waals surface area contributed by atoms with Gasteiger partial charge >= 0.3 is 0 Å². The second-order valence-electron chi connectivity index (χ2n) is 8.38. The van der Waals surface area contributed by atoms with Crippen LogP contribution < -0.4 is 15.4 Å². The van der Waals surface area contributed by atoms with E-state index in [0.29, 0.717) is 34.3 Å². The Morgan fingerprint density at radius 2 is 1.94 bits per heavy atom. The van der Waals surface area contributed by atoms with E-state index in [-0.39, 0.29) is 5.91 Å². The zero-order valence-electron chi connectivity index (χ0n) is 19.7. The Kier molecular flexibility index (Phi) is 8.42. The number of nitrogens with zero attached hydrogens (tertiary/aromatic N) is 4. The van der Waals surface area contributed by atoms with E-state index in [2.05, 4.69) is 41.5 Å². The van der Waals surface area contributed by atoms with E-state index in [1.807, 2.05) is 0 Å². The summed E-state index contributed by atoms with van der Waals surface area (Å²) in [5, 5.41) is 13.4. The molecule has 0 bridgehead atoms. The third kappa shape index (κ3) is 6.74. The van der Waals surface area contributed by atoms with Crippen LogP contribution in [0.1, 0.15) is 41.0 Å². The van der Waals surface area contributed by atoms with Crippen LogP contribution in [0.2, 0.25) is 5.02 Å². The number of carbonyl (C=O) groups is 1. The maximum atomic E-state index is 12.7. The zero-order valence-corrected chi connectivity index (χ0v) is 21.3.